The Balaban J connectivity index is 2.32. The van der Waals surface area contributed by atoms with Crippen molar-refractivity contribution in [3.05, 3.63) is 5.82 Å². The Kier molecular flexibility index (Phi) is 5.43. The van der Waals surface area contributed by atoms with Gasteiger partial charge in [-0.3, -0.25) is 0 Å². The van der Waals surface area contributed by atoms with Crippen LogP contribution in [-0.4, -0.2) is 23.2 Å². The summed E-state index contributed by atoms with van der Waals surface area (Å²) in [5.74, 6) is 1.11. The summed E-state index contributed by atoms with van der Waals surface area (Å²) in [6.07, 6.45) is 9.10. The van der Waals surface area contributed by atoms with Gasteiger partial charge in [-0.15, -0.1) is 10.2 Å². The van der Waals surface area contributed by atoms with Crippen LogP contribution in [0.1, 0.15) is 70.0 Å². The van der Waals surface area contributed by atoms with E-state index in [1.54, 1.807) is 4.57 Å². The lowest BCUT2D eigenvalue weighted by Gasteiger charge is -2.20. The van der Waals surface area contributed by atoms with Crippen molar-refractivity contribution in [1.29, 1.82) is 0 Å². The SMILES string of the molecule is CCCn1c(C2CCCCCCC2)nnc1S(=O)(=O)Cl. The molecule has 0 spiro atoms. The molecule has 2 rings (SSSR count). The van der Waals surface area contributed by atoms with E-state index in [-0.39, 0.29) is 5.16 Å². The largest absolute Gasteiger partial charge is 0.301 e. The zero-order valence-electron chi connectivity index (χ0n) is 11.9. The van der Waals surface area contributed by atoms with Crippen molar-refractivity contribution < 1.29 is 8.42 Å². The van der Waals surface area contributed by atoms with E-state index < -0.39 is 9.05 Å². The summed E-state index contributed by atoms with van der Waals surface area (Å²) >= 11 is 0. The molecule has 0 saturated heterocycles. The van der Waals surface area contributed by atoms with Gasteiger partial charge >= 0.3 is 0 Å². The molecule has 1 aliphatic carbocycles. The molecule has 1 saturated carbocycles. The molecule has 0 radical (unpaired) electrons. The Bertz CT molecular complexity index is 534. The van der Waals surface area contributed by atoms with E-state index >= 15 is 0 Å². The fourth-order valence-electron chi connectivity index (χ4n) is 2.93. The van der Waals surface area contributed by atoms with Crippen molar-refractivity contribution in [2.24, 2.45) is 0 Å². The van der Waals surface area contributed by atoms with Gasteiger partial charge in [0, 0.05) is 23.1 Å². The Labute approximate surface area is 125 Å². The average Bonchev–Trinajstić information content (AvgIpc) is 2.73. The molecule has 1 aliphatic rings. The summed E-state index contributed by atoms with van der Waals surface area (Å²) in [5.41, 5.74) is 0. The predicted molar refractivity (Wildman–Crippen MR) is 78.4 cm³/mol. The standard InChI is InChI=1S/C13H22ClN3O2S/c1-2-10-17-12(15-16-13(17)20(14,18)19)11-8-6-4-3-5-7-9-11/h11H,2-10H2,1H3. The number of nitrogens with zero attached hydrogens (tertiary/aromatic N) is 3. The van der Waals surface area contributed by atoms with Gasteiger partial charge in [-0.25, -0.2) is 8.42 Å². The average molecular weight is 320 g/mol. The summed E-state index contributed by atoms with van der Waals surface area (Å²) in [6, 6.07) is 0. The summed E-state index contributed by atoms with van der Waals surface area (Å²) in [7, 11) is 1.63. The van der Waals surface area contributed by atoms with Gasteiger partial charge < -0.3 is 4.57 Å². The van der Waals surface area contributed by atoms with Gasteiger partial charge in [0.1, 0.15) is 5.82 Å². The summed E-state index contributed by atoms with van der Waals surface area (Å²) in [5, 5.41) is 7.88. The maximum absolute atomic E-state index is 11.6. The Hall–Kier alpha value is -0.620. The first-order chi connectivity index (χ1) is 9.54. The van der Waals surface area contributed by atoms with E-state index in [0.717, 1.165) is 25.1 Å². The Morgan fingerprint density at radius 2 is 1.75 bits per heavy atom. The molecule has 0 unspecified atom stereocenters. The molecule has 1 aromatic rings. The van der Waals surface area contributed by atoms with Crippen molar-refractivity contribution in [2.75, 3.05) is 0 Å². The summed E-state index contributed by atoms with van der Waals surface area (Å²) < 4.78 is 24.9. The first kappa shape index (κ1) is 15.8. The van der Waals surface area contributed by atoms with Gasteiger partial charge in [-0.1, -0.05) is 39.0 Å². The van der Waals surface area contributed by atoms with Crippen molar-refractivity contribution >= 4 is 19.7 Å². The molecule has 7 heteroatoms. The minimum Gasteiger partial charge on any atom is -0.301 e. The number of hydrogen-bond donors (Lipinski definition) is 0. The summed E-state index contributed by atoms with van der Waals surface area (Å²) in [4.78, 5) is 0. The molecule has 0 aliphatic heterocycles. The van der Waals surface area contributed by atoms with Gasteiger partial charge in [0.05, 0.1) is 0 Å². The second-order valence-corrected chi connectivity index (χ2v) is 7.93. The molecule has 1 fully saturated rings. The molecule has 1 heterocycles. The van der Waals surface area contributed by atoms with Crippen LogP contribution in [0.4, 0.5) is 0 Å². The van der Waals surface area contributed by atoms with E-state index in [9.17, 15) is 8.42 Å². The van der Waals surface area contributed by atoms with Crippen LogP contribution < -0.4 is 0 Å². The molecule has 114 valence electrons. The van der Waals surface area contributed by atoms with Crippen molar-refractivity contribution in [3.63, 3.8) is 0 Å². The van der Waals surface area contributed by atoms with E-state index in [0.29, 0.717) is 12.5 Å². The quantitative estimate of drug-likeness (QED) is 0.797. The minimum atomic E-state index is -3.83. The third-order valence-electron chi connectivity index (χ3n) is 3.88. The van der Waals surface area contributed by atoms with Gasteiger partial charge in [0.2, 0.25) is 0 Å². The molecule has 0 atom stereocenters. The smallest absolute Gasteiger partial charge is 0.296 e. The van der Waals surface area contributed by atoms with E-state index in [1.807, 2.05) is 6.92 Å². The van der Waals surface area contributed by atoms with Gasteiger partial charge in [0.15, 0.2) is 0 Å². The van der Waals surface area contributed by atoms with Crippen LogP contribution >= 0.6 is 10.7 Å². The predicted octanol–water partition coefficient (Wildman–Crippen LogP) is 3.44. The molecule has 20 heavy (non-hydrogen) atoms. The highest BCUT2D eigenvalue weighted by molar-refractivity contribution is 8.13. The van der Waals surface area contributed by atoms with Crippen LogP contribution in [0.3, 0.4) is 0 Å². The van der Waals surface area contributed by atoms with E-state index in [2.05, 4.69) is 10.2 Å². The van der Waals surface area contributed by atoms with Crippen LogP contribution in [-0.2, 0) is 15.6 Å². The van der Waals surface area contributed by atoms with Crippen LogP contribution in [0.15, 0.2) is 5.16 Å². The molecular weight excluding hydrogens is 298 g/mol. The molecule has 0 aromatic carbocycles. The van der Waals surface area contributed by atoms with Gasteiger partial charge in [-0.05, 0) is 19.3 Å². The zero-order valence-corrected chi connectivity index (χ0v) is 13.5. The molecule has 1 aromatic heterocycles. The number of rotatable bonds is 4. The third kappa shape index (κ3) is 3.73. The summed E-state index contributed by atoms with van der Waals surface area (Å²) in [6.45, 7) is 2.60. The monoisotopic (exact) mass is 319 g/mol. The number of aromatic nitrogens is 3. The fraction of sp³-hybridized carbons (Fsp3) is 0.846. The molecular formula is C13H22ClN3O2S. The van der Waals surface area contributed by atoms with Crippen LogP contribution in [0.25, 0.3) is 0 Å². The van der Waals surface area contributed by atoms with E-state index in [4.69, 9.17) is 10.7 Å². The van der Waals surface area contributed by atoms with Crippen molar-refractivity contribution in [3.8, 4) is 0 Å². The van der Waals surface area contributed by atoms with Gasteiger partial charge in [-0.2, -0.15) is 0 Å². The first-order valence-corrected chi connectivity index (χ1v) is 9.72. The normalized spacial score (nSPS) is 18.7. The van der Waals surface area contributed by atoms with Gasteiger partial charge in [0.25, 0.3) is 14.2 Å². The van der Waals surface area contributed by atoms with Crippen molar-refractivity contribution in [1.82, 2.24) is 14.8 Å². The Morgan fingerprint density at radius 1 is 1.15 bits per heavy atom. The Morgan fingerprint density at radius 3 is 2.30 bits per heavy atom. The highest BCUT2D eigenvalue weighted by Crippen LogP contribution is 2.31. The molecule has 0 amide bonds. The topological polar surface area (TPSA) is 64.8 Å². The lowest BCUT2D eigenvalue weighted by Crippen LogP contribution is -2.14. The maximum atomic E-state index is 11.6. The van der Waals surface area contributed by atoms with Crippen LogP contribution in [0.5, 0.6) is 0 Å². The maximum Gasteiger partial charge on any atom is 0.296 e. The molecule has 0 bridgehead atoms. The lowest BCUT2D eigenvalue weighted by molar-refractivity contribution is 0.423. The highest BCUT2D eigenvalue weighted by atomic mass is 35.7. The third-order valence-corrected chi connectivity index (χ3v) is 5.03. The molecule has 0 N–H and O–H groups in total. The number of hydrogen-bond acceptors (Lipinski definition) is 4. The second kappa shape index (κ2) is 6.89. The zero-order chi connectivity index (χ0) is 14.6. The minimum absolute atomic E-state index is 0.0990. The molecule has 5 nitrogen and oxygen atoms in total. The first-order valence-electron chi connectivity index (χ1n) is 7.41. The van der Waals surface area contributed by atoms with Crippen LogP contribution in [0, 0.1) is 0 Å². The second-order valence-electron chi connectivity index (χ2n) is 5.47. The van der Waals surface area contributed by atoms with Crippen LogP contribution in [0.2, 0.25) is 0 Å². The fourth-order valence-corrected chi connectivity index (χ4v) is 3.86. The van der Waals surface area contributed by atoms with E-state index in [1.165, 1.54) is 32.1 Å². The lowest BCUT2D eigenvalue weighted by atomic mass is 9.90. The highest BCUT2D eigenvalue weighted by Gasteiger charge is 2.26. The number of halogens is 1. The van der Waals surface area contributed by atoms with Crippen molar-refractivity contribution in [2.45, 2.75) is 75.9 Å².